The quantitative estimate of drug-likeness (QED) is 0.484. The third-order valence-electron chi connectivity index (χ3n) is 3.11. The van der Waals surface area contributed by atoms with Gasteiger partial charge in [0.25, 0.3) is 0 Å². The van der Waals surface area contributed by atoms with Gasteiger partial charge in [0.1, 0.15) is 5.75 Å². The molecule has 2 heterocycles. The number of thiophene rings is 1. The van der Waals surface area contributed by atoms with Gasteiger partial charge >= 0.3 is 0 Å². The largest absolute Gasteiger partial charge is 0.497 e. The number of tetrazole rings is 1. The third kappa shape index (κ3) is 3.96. The van der Waals surface area contributed by atoms with Gasteiger partial charge in [-0.05, 0) is 34.0 Å². The van der Waals surface area contributed by atoms with Gasteiger partial charge in [0.15, 0.2) is 5.78 Å². The van der Waals surface area contributed by atoms with E-state index in [1.165, 1.54) is 16.6 Å². The summed E-state index contributed by atoms with van der Waals surface area (Å²) in [5.74, 6) is 0.959. The first-order valence-corrected chi connectivity index (χ1v) is 8.71. The van der Waals surface area contributed by atoms with Crippen molar-refractivity contribution in [1.82, 2.24) is 20.2 Å². The zero-order valence-corrected chi connectivity index (χ0v) is 14.0. The number of carbonyl (C=O) groups excluding carboxylic acids is 1. The van der Waals surface area contributed by atoms with Crippen LogP contribution >= 0.6 is 23.1 Å². The van der Waals surface area contributed by atoms with Crippen molar-refractivity contribution in [3.8, 4) is 5.75 Å². The number of hydrogen-bond acceptors (Lipinski definition) is 7. The van der Waals surface area contributed by atoms with Gasteiger partial charge in [-0.1, -0.05) is 30.0 Å². The van der Waals surface area contributed by atoms with Crippen molar-refractivity contribution in [2.24, 2.45) is 0 Å². The van der Waals surface area contributed by atoms with Gasteiger partial charge in [0.05, 0.1) is 19.4 Å². The van der Waals surface area contributed by atoms with Crippen LogP contribution < -0.4 is 4.74 Å². The molecule has 118 valence electrons. The van der Waals surface area contributed by atoms with Crippen LogP contribution in [-0.4, -0.2) is 38.9 Å². The highest BCUT2D eigenvalue weighted by atomic mass is 32.2. The van der Waals surface area contributed by atoms with Gasteiger partial charge < -0.3 is 4.74 Å². The molecule has 1 aromatic carbocycles. The Morgan fingerprint density at radius 3 is 3.04 bits per heavy atom. The highest BCUT2D eigenvalue weighted by Gasteiger charge is 2.12. The van der Waals surface area contributed by atoms with Crippen LogP contribution in [0.3, 0.4) is 0 Å². The van der Waals surface area contributed by atoms with E-state index in [1.807, 2.05) is 23.6 Å². The molecule has 0 aliphatic heterocycles. The van der Waals surface area contributed by atoms with Crippen LogP contribution in [0.4, 0.5) is 0 Å². The number of hydrogen-bond donors (Lipinski definition) is 0. The summed E-state index contributed by atoms with van der Waals surface area (Å²) < 4.78 is 6.84. The number of carbonyl (C=O) groups is 1. The molecule has 0 amide bonds. The first-order chi connectivity index (χ1) is 11.3. The molecular weight excluding hydrogens is 332 g/mol. The number of ether oxygens (including phenoxy) is 1. The monoisotopic (exact) mass is 346 g/mol. The lowest BCUT2D eigenvalue weighted by molar-refractivity contribution is 0.102. The van der Waals surface area contributed by atoms with Crippen molar-refractivity contribution in [2.75, 3.05) is 12.9 Å². The molecule has 3 aromatic rings. The molecule has 6 nitrogen and oxygen atoms in total. The molecule has 0 radical (unpaired) electrons. The second kappa shape index (κ2) is 7.38. The summed E-state index contributed by atoms with van der Waals surface area (Å²) in [5.41, 5.74) is 0.620. The second-order valence-electron chi connectivity index (χ2n) is 4.64. The molecule has 23 heavy (non-hydrogen) atoms. The summed E-state index contributed by atoms with van der Waals surface area (Å²) in [7, 11) is 1.58. The van der Waals surface area contributed by atoms with Crippen LogP contribution in [0, 0.1) is 0 Å². The Labute approximate surface area is 141 Å². The summed E-state index contributed by atoms with van der Waals surface area (Å²) in [5, 5.41) is 14.3. The van der Waals surface area contributed by atoms with Crippen molar-refractivity contribution in [3.05, 3.63) is 52.2 Å². The van der Waals surface area contributed by atoms with Gasteiger partial charge in [0.2, 0.25) is 5.16 Å². The van der Waals surface area contributed by atoms with Gasteiger partial charge in [0, 0.05) is 10.4 Å². The minimum Gasteiger partial charge on any atom is -0.497 e. The van der Waals surface area contributed by atoms with Crippen molar-refractivity contribution < 1.29 is 9.53 Å². The fourth-order valence-electron chi connectivity index (χ4n) is 1.96. The van der Waals surface area contributed by atoms with E-state index in [4.69, 9.17) is 4.74 Å². The molecule has 0 fully saturated rings. The van der Waals surface area contributed by atoms with Gasteiger partial charge in [-0.15, -0.1) is 16.4 Å². The molecule has 0 unspecified atom stereocenters. The molecule has 0 saturated carbocycles. The zero-order valence-electron chi connectivity index (χ0n) is 12.4. The number of Topliss-reactive ketones (excluding diaryl/α,β-unsaturated/α-hetero) is 1. The minimum absolute atomic E-state index is 0.0135. The molecule has 0 atom stereocenters. The van der Waals surface area contributed by atoms with Gasteiger partial charge in [-0.3, -0.25) is 4.79 Å². The fourth-order valence-corrected chi connectivity index (χ4v) is 3.42. The highest BCUT2D eigenvalue weighted by molar-refractivity contribution is 7.99. The zero-order chi connectivity index (χ0) is 16.1. The lowest BCUT2D eigenvalue weighted by Crippen LogP contribution is -2.06. The number of aromatic nitrogens is 4. The van der Waals surface area contributed by atoms with Crippen molar-refractivity contribution >= 4 is 28.9 Å². The summed E-state index contributed by atoms with van der Waals surface area (Å²) >= 11 is 2.98. The van der Waals surface area contributed by atoms with E-state index in [-0.39, 0.29) is 11.5 Å². The van der Waals surface area contributed by atoms with Crippen LogP contribution in [0.15, 0.2) is 46.9 Å². The lowest BCUT2D eigenvalue weighted by Gasteiger charge is -2.04. The van der Waals surface area contributed by atoms with E-state index in [0.717, 1.165) is 0 Å². The summed E-state index contributed by atoms with van der Waals surface area (Å²) in [6, 6.07) is 11.1. The Morgan fingerprint density at radius 2 is 2.26 bits per heavy atom. The van der Waals surface area contributed by atoms with Crippen molar-refractivity contribution in [1.29, 1.82) is 0 Å². The molecule has 8 heteroatoms. The van der Waals surface area contributed by atoms with E-state index >= 15 is 0 Å². The average Bonchev–Trinajstić information content (AvgIpc) is 3.25. The predicted octanol–water partition coefficient (Wildman–Crippen LogP) is 2.77. The summed E-state index contributed by atoms with van der Waals surface area (Å²) in [6.45, 7) is 0.611. The van der Waals surface area contributed by atoms with Crippen LogP contribution in [-0.2, 0) is 6.54 Å². The normalized spacial score (nSPS) is 10.7. The molecular formula is C15H14N4O2S2. The van der Waals surface area contributed by atoms with Gasteiger partial charge in [-0.2, -0.15) is 0 Å². The van der Waals surface area contributed by atoms with Gasteiger partial charge in [-0.25, -0.2) is 4.68 Å². The van der Waals surface area contributed by atoms with E-state index in [2.05, 4.69) is 15.5 Å². The predicted molar refractivity (Wildman–Crippen MR) is 89.3 cm³/mol. The molecule has 0 saturated heterocycles. The molecule has 0 spiro atoms. The molecule has 0 bridgehead atoms. The minimum atomic E-state index is 0.0135. The molecule has 0 aliphatic rings. The second-order valence-corrected chi connectivity index (χ2v) is 6.62. The van der Waals surface area contributed by atoms with Crippen LogP contribution in [0.25, 0.3) is 0 Å². The fraction of sp³-hybridized carbons (Fsp3) is 0.200. The maximum absolute atomic E-state index is 12.3. The number of ketones is 1. The first-order valence-electron chi connectivity index (χ1n) is 6.85. The Morgan fingerprint density at radius 1 is 1.35 bits per heavy atom. The van der Waals surface area contributed by atoms with Crippen molar-refractivity contribution in [3.63, 3.8) is 0 Å². The number of thioether (sulfide) groups is 1. The van der Waals surface area contributed by atoms with Crippen LogP contribution in [0.1, 0.15) is 15.2 Å². The number of benzene rings is 1. The Kier molecular flexibility index (Phi) is 5.04. The standard InChI is InChI=1S/C15H14N4O2S2/c1-21-12-5-2-4-11(8-12)14(20)10-23-15-16-17-18-19(15)9-13-6-3-7-22-13/h2-8H,9-10H2,1H3. The van der Waals surface area contributed by atoms with E-state index in [9.17, 15) is 4.79 Å². The van der Waals surface area contributed by atoms with Crippen molar-refractivity contribution in [2.45, 2.75) is 11.7 Å². The Bertz CT molecular complexity index is 786. The highest BCUT2D eigenvalue weighted by Crippen LogP contribution is 2.20. The lowest BCUT2D eigenvalue weighted by atomic mass is 10.1. The maximum atomic E-state index is 12.3. The van der Waals surface area contributed by atoms with E-state index in [0.29, 0.717) is 23.0 Å². The summed E-state index contributed by atoms with van der Waals surface area (Å²) in [6.07, 6.45) is 0. The van der Waals surface area contributed by atoms with E-state index in [1.54, 1.807) is 41.3 Å². The molecule has 0 aliphatic carbocycles. The van der Waals surface area contributed by atoms with Crippen LogP contribution in [0.5, 0.6) is 5.75 Å². The first kappa shape index (κ1) is 15.7. The average molecular weight is 346 g/mol. The van der Waals surface area contributed by atoms with Crippen LogP contribution in [0.2, 0.25) is 0 Å². The molecule has 3 rings (SSSR count). The SMILES string of the molecule is COc1cccc(C(=O)CSc2nnnn2Cc2cccs2)c1. The summed E-state index contributed by atoms with van der Waals surface area (Å²) in [4.78, 5) is 13.4. The number of rotatable bonds is 7. The van der Waals surface area contributed by atoms with E-state index < -0.39 is 0 Å². The number of nitrogens with zero attached hydrogens (tertiary/aromatic N) is 4. The third-order valence-corrected chi connectivity index (χ3v) is 4.93. The Balaban J connectivity index is 1.64. The Hall–Kier alpha value is -2.19. The topological polar surface area (TPSA) is 69.9 Å². The number of methoxy groups -OCH3 is 1. The maximum Gasteiger partial charge on any atom is 0.210 e. The molecule has 2 aromatic heterocycles. The molecule has 0 N–H and O–H groups in total. The smallest absolute Gasteiger partial charge is 0.210 e.